The van der Waals surface area contributed by atoms with E-state index in [4.69, 9.17) is 4.74 Å². The average molecular weight is 381 g/mol. The minimum absolute atomic E-state index is 0.309. The number of nitrogens with zero attached hydrogens (tertiary/aromatic N) is 2. The Balaban J connectivity index is 1.72. The van der Waals surface area contributed by atoms with Crippen molar-refractivity contribution in [2.45, 2.75) is 12.7 Å². The summed E-state index contributed by atoms with van der Waals surface area (Å²) in [6, 6.07) is 11.8. The molecule has 0 saturated carbocycles. The first-order valence-corrected chi connectivity index (χ1v) is 8.28. The van der Waals surface area contributed by atoms with Crippen LogP contribution in [-0.4, -0.2) is 16.1 Å². The molecular weight excluding hydrogens is 367 g/mol. The van der Waals surface area contributed by atoms with Crippen LogP contribution in [0.4, 0.5) is 24.0 Å². The van der Waals surface area contributed by atoms with Crippen molar-refractivity contribution in [2.75, 3.05) is 12.4 Å². The normalized spacial score (nSPS) is 11.4. The number of anilines is 2. The third kappa shape index (κ3) is 4.23. The quantitative estimate of drug-likeness (QED) is 0.722. The van der Waals surface area contributed by atoms with Gasteiger partial charge in [0, 0.05) is 5.69 Å². The van der Waals surface area contributed by atoms with Crippen LogP contribution in [0.2, 0.25) is 0 Å². The van der Waals surface area contributed by atoms with E-state index in [9.17, 15) is 18.0 Å². The Bertz CT molecular complexity index is 932. The minimum atomic E-state index is -4.39. The van der Waals surface area contributed by atoms with E-state index in [0.717, 1.165) is 35.0 Å². The molecule has 0 bridgehead atoms. The van der Waals surface area contributed by atoms with Crippen LogP contribution in [0.25, 0.3) is 0 Å². The predicted molar refractivity (Wildman–Crippen MR) is 93.2 cm³/mol. The molecule has 0 saturated heterocycles. The maximum absolute atomic E-state index is 12.6. The number of halogens is 3. The van der Waals surface area contributed by atoms with Gasteiger partial charge < -0.3 is 10.1 Å². The lowest BCUT2D eigenvalue weighted by atomic mass is 10.2. The number of nitrogens with one attached hydrogen (secondary N) is 1. The van der Waals surface area contributed by atoms with E-state index in [0.29, 0.717) is 17.4 Å². The molecule has 9 heteroatoms. The predicted octanol–water partition coefficient (Wildman–Crippen LogP) is 4.12. The number of aromatic nitrogens is 2. The van der Waals surface area contributed by atoms with Gasteiger partial charge in [-0.1, -0.05) is 12.1 Å². The highest BCUT2D eigenvalue weighted by Crippen LogP contribution is 2.30. The molecule has 0 aliphatic carbocycles. The zero-order valence-corrected chi connectivity index (χ0v) is 14.4. The number of hydrogen-bond acceptors (Lipinski definition) is 5. The summed E-state index contributed by atoms with van der Waals surface area (Å²) in [5.41, 5.74) is 0.155. The Morgan fingerprint density at radius 3 is 2.35 bits per heavy atom. The van der Waals surface area contributed by atoms with E-state index in [1.807, 2.05) is 12.1 Å². The Labute approximate surface area is 150 Å². The van der Waals surface area contributed by atoms with Crippen LogP contribution in [-0.2, 0) is 12.7 Å². The fourth-order valence-electron chi connectivity index (χ4n) is 2.22. The number of ether oxygens (including phenoxy) is 1. The number of alkyl halides is 3. The van der Waals surface area contributed by atoms with Crippen LogP contribution >= 0.6 is 11.5 Å². The summed E-state index contributed by atoms with van der Waals surface area (Å²) in [7, 11) is 1.57. The summed E-state index contributed by atoms with van der Waals surface area (Å²) in [5, 5.41) is 3.16. The molecule has 0 fully saturated rings. The summed E-state index contributed by atoms with van der Waals surface area (Å²) in [5.74, 6) is 0.718. The smallest absolute Gasteiger partial charge is 0.416 e. The van der Waals surface area contributed by atoms with Gasteiger partial charge in [0.15, 0.2) is 0 Å². The van der Waals surface area contributed by atoms with Crippen LogP contribution in [0, 0.1) is 0 Å². The van der Waals surface area contributed by atoms with Crippen LogP contribution in [0.15, 0.2) is 53.3 Å². The maximum atomic E-state index is 12.6. The van der Waals surface area contributed by atoms with Gasteiger partial charge in [0.05, 0.1) is 19.2 Å². The molecule has 0 aliphatic rings. The molecule has 1 aromatic heterocycles. The molecule has 0 aliphatic heterocycles. The van der Waals surface area contributed by atoms with E-state index in [2.05, 4.69) is 10.3 Å². The maximum Gasteiger partial charge on any atom is 0.416 e. The lowest BCUT2D eigenvalue weighted by Crippen LogP contribution is -2.15. The molecule has 2 aromatic carbocycles. The Kier molecular flexibility index (Phi) is 4.99. The van der Waals surface area contributed by atoms with Crippen molar-refractivity contribution in [1.82, 2.24) is 8.94 Å². The zero-order valence-electron chi connectivity index (χ0n) is 13.6. The van der Waals surface area contributed by atoms with E-state index < -0.39 is 17.4 Å². The summed E-state index contributed by atoms with van der Waals surface area (Å²) < 4.78 is 44.3. The van der Waals surface area contributed by atoms with Crippen LogP contribution < -0.4 is 15.7 Å². The van der Waals surface area contributed by atoms with Crippen molar-refractivity contribution < 1.29 is 17.9 Å². The fraction of sp³-hybridized carbons (Fsp3) is 0.176. The molecule has 0 atom stereocenters. The molecule has 0 amide bonds. The number of hydrogen-bond donors (Lipinski definition) is 1. The molecule has 0 unspecified atom stereocenters. The van der Waals surface area contributed by atoms with Crippen molar-refractivity contribution in [1.29, 1.82) is 0 Å². The third-order valence-electron chi connectivity index (χ3n) is 3.56. The van der Waals surface area contributed by atoms with Crippen molar-refractivity contribution in [2.24, 2.45) is 0 Å². The Morgan fingerprint density at radius 2 is 1.77 bits per heavy atom. The third-order valence-corrected chi connectivity index (χ3v) is 4.43. The molecule has 5 nitrogen and oxygen atoms in total. The molecule has 0 spiro atoms. The second-order valence-corrected chi connectivity index (χ2v) is 6.39. The monoisotopic (exact) mass is 381 g/mol. The first kappa shape index (κ1) is 18.0. The molecule has 3 aromatic rings. The highest BCUT2D eigenvalue weighted by Gasteiger charge is 2.29. The van der Waals surface area contributed by atoms with Crippen LogP contribution in [0.5, 0.6) is 5.75 Å². The summed E-state index contributed by atoms with van der Waals surface area (Å²) in [6.07, 6.45) is -4.39. The lowest BCUT2D eigenvalue weighted by molar-refractivity contribution is -0.137. The average Bonchev–Trinajstić information content (AvgIpc) is 2.94. The van der Waals surface area contributed by atoms with Gasteiger partial charge in [-0.05, 0) is 53.5 Å². The van der Waals surface area contributed by atoms with Gasteiger partial charge in [-0.15, -0.1) is 0 Å². The largest absolute Gasteiger partial charge is 0.497 e. The Hall–Kier alpha value is -2.81. The van der Waals surface area contributed by atoms with Gasteiger partial charge in [0.25, 0.3) is 0 Å². The van der Waals surface area contributed by atoms with Gasteiger partial charge in [0.1, 0.15) is 5.75 Å². The van der Waals surface area contributed by atoms with Gasteiger partial charge in [-0.3, -0.25) is 0 Å². The number of rotatable bonds is 5. The second kappa shape index (κ2) is 7.20. The van der Waals surface area contributed by atoms with Crippen molar-refractivity contribution in [3.05, 3.63) is 70.1 Å². The number of benzene rings is 2. The van der Waals surface area contributed by atoms with Gasteiger partial charge in [0.2, 0.25) is 5.13 Å². The SMILES string of the molecule is COc1ccc(Cn2sc(Nc3ccc(C(F)(F)F)cc3)nc2=O)cc1. The van der Waals surface area contributed by atoms with Crippen molar-refractivity contribution in [3.63, 3.8) is 0 Å². The van der Waals surface area contributed by atoms with Gasteiger partial charge >= 0.3 is 11.9 Å². The first-order chi connectivity index (χ1) is 12.3. The van der Waals surface area contributed by atoms with E-state index in [1.165, 1.54) is 16.1 Å². The molecule has 26 heavy (non-hydrogen) atoms. The molecule has 3 rings (SSSR count). The summed E-state index contributed by atoms with van der Waals surface area (Å²) >= 11 is 1.10. The fourth-order valence-corrected chi connectivity index (χ4v) is 3.04. The van der Waals surface area contributed by atoms with Gasteiger partial charge in [-0.2, -0.15) is 18.2 Å². The lowest BCUT2D eigenvalue weighted by Gasteiger charge is -2.07. The summed E-state index contributed by atoms with van der Waals surface area (Å²) in [6.45, 7) is 0.342. The molecule has 136 valence electrons. The van der Waals surface area contributed by atoms with Crippen molar-refractivity contribution >= 4 is 22.4 Å². The minimum Gasteiger partial charge on any atom is -0.497 e. The van der Waals surface area contributed by atoms with Gasteiger partial charge in [-0.25, -0.2) is 8.75 Å². The van der Waals surface area contributed by atoms with E-state index in [1.54, 1.807) is 19.2 Å². The summed E-state index contributed by atoms with van der Waals surface area (Å²) in [4.78, 5) is 15.9. The molecular formula is C17H14F3N3O2S. The molecule has 1 heterocycles. The number of methoxy groups -OCH3 is 1. The molecule has 0 radical (unpaired) electrons. The van der Waals surface area contributed by atoms with E-state index >= 15 is 0 Å². The van der Waals surface area contributed by atoms with E-state index in [-0.39, 0.29) is 0 Å². The Morgan fingerprint density at radius 1 is 1.12 bits per heavy atom. The second-order valence-electron chi connectivity index (χ2n) is 5.38. The highest BCUT2D eigenvalue weighted by atomic mass is 32.1. The zero-order chi connectivity index (χ0) is 18.7. The topological polar surface area (TPSA) is 56.1 Å². The van der Waals surface area contributed by atoms with Crippen LogP contribution in [0.1, 0.15) is 11.1 Å². The first-order valence-electron chi connectivity index (χ1n) is 7.50. The van der Waals surface area contributed by atoms with Crippen LogP contribution in [0.3, 0.4) is 0 Å². The van der Waals surface area contributed by atoms with Crippen molar-refractivity contribution in [3.8, 4) is 5.75 Å². The molecule has 1 N–H and O–H groups in total. The highest BCUT2D eigenvalue weighted by molar-refractivity contribution is 7.10. The standard InChI is InChI=1S/C17H14F3N3O2S/c1-25-14-8-2-11(3-9-14)10-23-16(24)22-15(26-23)21-13-6-4-12(5-7-13)17(18,19)20/h2-9H,10H2,1H3,(H,21,22,24).